The maximum absolute atomic E-state index is 14.7. The van der Waals surface area contributed by atoms with Gasteiger partial charge in [-0.05, 0) is 82.8 Å². The van der Waals surface area contributed by atoms with Crippen molar-refractivity contribution in [3.8, 4) is 0 Å². The summed E-state index contributed by atoms with van der Waals surface area (Å²) in [5, 5.41) is 4.65. The lowest BCUT2D eigenvalue weighted by atomic mass is 9.88. The summed E-state index contributed by atoms with van der Waals surface area (Å²) in [7, 11) is 2.48. The van der Waals surface area contributed by atoms with E-state index in [2.05, 4.69) is 53.1 Å². The average Bonchev–Trinajstić information content (AvgIpc) is 2.93. The number of aryl methyl sites for hydroxylation is 1. The summed E-state index contributed by atoms with van der Waals surface area (Å²) in [6, 6.07) is 4.10. The van der Waals surface area contributed by atoms with Crippen LogP contribution in [0.2, 0.25) is 0 Å². The van der Waals surface area contributed by atoms with Gasteiger partial charge in [0.05, 0.1) is 10.9 Å². The fourth-order valence-corrected chi connectivity index (χ4v) is 4.60. The van der Waals surface area contributed by atoms with Crippen molar-refractivity contribution >= 4 is 25.9 Å². The van der Waals surface area contributed by atoms with Crippen LogP contribution in [-0.4, -0.2) is 9.55 Å². The number of aromatic nitrogens is 2. The maximum atomic E-state index is 14.7. The first kappa shape index (κ1) is 25.0. The second-order valence-electron chi connectivity index (χ2n) is 7.57. The Morgan fingerprint density at radius 1 is 1.29 bits per heavy atom. The Hall–Kier alpha value is -2.25. The summed E-state index contributed by atoms with van der Waals surface area (Å²) in [6.45, 7) is 14.3. The molecule has 1 aromatic carbocycles. The molecule has 0 spiro atoms. The number of rotatable bonds is 6. The molecule has 0 bridgehead atoms. The Labute approximate surface area is 189 Å². The Morgan fingerprint density at radius 2 is 2.03 bits per heavy atom. The molecule has 0 amide bonds. The van der Waals surface area contributed by atoms with Crippen molar-refractivity contribution in [1.82, 2.24) is 9.55 Å². The molecule has 2 nitrogen and oxygen atoms in total. The molecule has 1 aromatic heterocycles. The van der Waals surface area contributed by atoms with Crippen LogP contribution in [0.3, 0.4) is 0 Å². The lowest BCUT2D eigenvalue weighted by Crippen LogP contribution is -1.97. The summed E-state index contributed by atoms with van der Waals surface area (Å²) in [4.78, 5) is 0. The zero-order valence-electron chi connectivity index (χ0n) is 19.6. The van der Waals surface area contributed by atoms with Gasteiger partial charge in [-0.2, -0.15) is 4.39 Å². The van der Waals surface area contributed by atoms with Gasteiger partial charge in [0.1, 0.15) is 0 Å². The van der Waals surface area contributed by atoms with Crippen molar-refractivity contribution < 1.29 is 4.39 Å². The topological polar surface area (TPSA) is 17.8 Å². The highest BCUT2D eigenvalue weighted by Crippen LogP contribution is 2.40. The molecule has 1 atom stereocenters. The van der Waals surface area contributed by atoms with Gasteiger partial charge in [-0.25, -0.2) is 4.45 Å². The van der Waals surface area contributed by atoms with Crippen LogP contribution in [0.5, 0.6) is 0 Å². The number of benzene rings is 1. The van der Waals surface area contributed by atoms with Crippen LogP contribution in [0.15, 0.2) is 65.8 Å². The Morgan fingerprint density at radius 3 is 2.68 bits per heavy atom. The standard InChI is InChI=1S/C25H30FN2P.C2H6/c1-5-9-17(4)16-19-12-8-13-20-21(23(19)18(10-6-2)11-7-3)14-15-22-24(20)25(26)27-28(22)29;1-2/h6-7,10-11,14-16H,2,5,8-9,12-13,29H2,1,3-4H3;1-2H3/b11-7-,17-16-,18-10+;. The molecular formula is C27H36FN2P. The summed E-state index contributed by atoms with van der Waals surface area (Å²) >= 11 is 0. The molecular weight excluding hydrogens is 402 g/mol. The van der Waals surface area contributed by atoms with Gasteiger partial charge in [-0.1, -0.05) is 75.8 Å². The van der Waals surface area contributed by atoms with Crippen molar-refractivity contribution in [3.05, 3.63) is 82.9 Å². The molecule has 1 unspecified atom stereocenters. The van der Waals surface area contributed by atoms with Crippen molar-refractivity contribution in [3.63, 3.8) is 0 Å². The highest BCUT2D eigenvalue weighted by Gasteiger charge is 2.23. The van der Waals surface area contributed by atoms with Crippen molar-refractivity contribution in [1.29, 1.82) is 0 Å². The van der Waals surface area contributed by atoms with Crippen LogP contribution in [-0.2, 0) is 6.42 Å². The molecule has 0 saturated heterocycles. The number of halogens is 1. The molecule has 1 heterocycles. The third-order valence-corrected chi connectivity index (χ3v) is 5.79. The van der Waals surface area contributed by atoms with E-state index in [4.69, 9.17) is 0 Å². The minimum Gasteiger partial charge on any atom is -0.248 e. The molecule has 0 aliphatic heterocycles. The molecule has 0 radical (unpaired) electrons. The largest absolute Gasteiger partial charge is 0.248 e. The lowest BCUT2D eigenvalue weighted by Gasteiger charge is -2.16. The van der Waals surface area contributed by atoms with E-state index in [0.717, 1.165) is 54.3 Å². The van der Waals surface area contributed by atoms with Crippen LogP contribution < -0.4 is 0 Å². The zero-order valence-corrected chi connectivity index (χ0v) is 20.8. The Balaban J connectivity index is 0.00000166. The van der Waals surface area contributed by atoms with Gasteiger partial charge in [0.2, 0.25) is 5.95 Å². The van der Waals surface area contributed by atoms with Gasteiger partial charge in [0.25, 0.3) is 0 Å². The Bertz CT molecular complexity index is 1050. The molecule has 3 rings (SSSR count). The first-order valence-corrected chi connectivity index (χ1v) is 11.8. The van der Waals surface area contributed by atoms with Gasteiger partial charge in [-0.15, -0.1) is 5.10 Å². The third kappa shape index (κ3) is 5.52. The minimum atomic E-state index is -0.396. The molecule has 0 N–H and O–H groups in total. The van der Waals surface area contributed by atoms with Crippen LogP contribution in [0, 0.1) is 5.95 Å². The van der Waals surface area contributed by atoms with Gasteiger partial charge in [-0.3, -0.25) is 0 Å². The predicted octanol–water partition coefficient (Wildman–Crippen LogP) is 8.36. The highest BCUT2D eigenvalue weighted by atomic mass is 31.0. The number of allylic oxidation sites excluding steroid dienone is 9. The van der Waals surface area contributed by atoms with E-state index in [1.165, 1.54) is 16.7 Å². The second kappa shape index (κ2) is 12.0. The van der Waals surface area contributed by atoms with E-state index in [0.29, 0.717) is 5.39 Å². The third-order valence-electron chi connectivity index (χ3n) is 5.40. The summed E-state index contributed by atoms with van der Waals surface area (Å²) in [5.41, 5.74) is 7.97. The van der Waals surface area contributed by atoms with Gasteiger partial charge in [0.15, 0.2) is 0 Å². The highest BCUT2D eigenvalue weighted by molar-refractivity contribution is 7.14. The quantitative estimate of drug-likeness (QED) is 0.327. The molecule has 0 fully saturated rings. The maximum Gasteiger partial charge on any atom is 0.241 e. The van der Waals surface area contributed by atoms with Crippen molar-refractivity contribution in [2.75, 3.05) is 0 Å². The van der Waals surface area contributed by atoms with Crippen LogP contribution >= 0.6 is 9.39 Å². The molecule has 31 heavy (non-hydrogen) atoms. The van der Waals surface area contributed by atoms with E-state index >= 15 is 0 Å². The minimum absolute atomic E-state index is 0.396. The van der Waals surface area contributed by atoms with Gasteiger partial charge >= 0.3 is 0 Å². The number of hydrogen-bond acceptors (Lipinski definition) is 1. The molecule has 4 heteroatoms. The summed E-state index contributed by atoms with van der Waals surface area (Å²) in [6.07, 6.45) is 15.4. The molecule has 1 aliphatic rings. The molecule has 1 aliphatic carbocycles. The first-order chi connectivity index (χ1) is 15.0. The fourth-order valence-electron chi connectivity index (χ4n) is 4.28. The van der Waals surface area contributed by atoms with E-state index < -0.39 is 5.95 Å². The molecule has 166 valence electrons. The summed E-state index contributed by atoms with van der Waals surface area (Å²) < 4.78 is 16.3. The fraction of sp³-hybridized carbons (Fsp3) is 0.370. The molecule has 2 aromatic rings. The predicted molar refractivity (Wildman–Crippen MR) is 138 cm³/mol. The zero-order chi connectivity index (χ0) is 23.0. The SMILES string of the molecule is C=C/C=C(\C=C/C)C1=C(/C=C(/C)CCC)CCCc2c1ccc1c2c(F)nn1P.CC. The van der Waals surface area contributed by atoms with Gasteiger partial charge in [0, 0.05) is 0 Å². The van der Waals surface area contributed by atoms with Crippen molar-refractivity contribution in [2.45, 2.75) is 66.7 Å². The van der Waals surface area contributed by atoms with E-state index in [1.807, 2.05) is 45.1 Å². The van der Waals surface area contributed by atoms with Crippen LogP contribution in [0.25, 0.3) is 16.5 Å². The summed E-state index contributed by atoms with van der Waals surface area (Å²) in [5.74, 6) is -0.396. The number of nitrogens with zero attached hydrogens (tertiary/aromatic N) is 2. The van der Waals surface area contributed by atoms with E-state index in [1.54, 1.807) is 4.45 Å². The van der Waals surface area contributed by atoms with Crippen molar-refractivity contribution in [2.24, 2.45) is 0 Å². The van der Waals surface area contributed by atoms with E-state index in [9.17, 15) is 4.39 Å². The molecule has 0 saturated carbocycles. The normalized spacial score (nSPS) is 15.1. The number of fused-ring (bicyclic) bond motifs is 3. The monoisotopic (exact) mass is 438 g/mol. The first-order valence-electron chi connectivity index (χ1n) is 11.3. The van der Waals surface area contributed by atoms with E-state index in [-0.39, 0.29) is 0 Å². The lowest BCUT2D eigenvalue weighted by molar-refractivity contribution is 0.582. The average molecular weight is 439 g/mol. The smallest absolute Gasteiger partial charge is 0.241 e. The number of hydrogen-bond donors (Lipinski definition) is 0. The van der Waals surface area contributed by atoms with Crippen LogP contribution in [0.1, 0.15) is 71.4 Å². The Kier molecular flexibility index (Phi) is 9.65. The van der Waals surface area contributed by atoms with Gasteiger partial charge < -0.3 is 0 Å². The van der Waals surface area contributed by atoms with Crippen LogP contribution in [0.4, 0.5) is 4.39 Å². The second-order valence-corrected chi connectivity index (χ2v) is 8.06.